The maximum atomic E-state index is 13.4. The Morgan fingerprint density at radius 2 is 2.03 bits per heavy atom. The summed E-state index contributed by atoms with van der Waals surface area (Å²) in [6, 6.07) is 9.40. The molecule has 2 amide bonds. The van der Waals surface area contributed by atoms with E-state index in [4.69, 9.17) is 9.47 Å². The zero-order chi connectivity index (χ0) is 25.7. The number of benzene rings is 1. The average Bonchev–Trinajstić information content (AvgIpc) is 2.83. The predicted octanol–water partition coefficient (Wildman–Crippen LogP) is 3.83. The molecule has 2 aromatic rings. The Morgan fingerprint density at radius 3 is 2.69 bits per heavy atom. The zero-order valence-corrected chi connectivity index (χ0v) is 21.8. The van der Waals surface area contributed by atoms with Gasteiger partial charge in [-0.05, 0) is 49.4 Å². The Kier molecular flexibility index (Phi) is 8.59. The lowest BCUT2D eigenvalue weighted by atomic mass is 9.85. The molecule has 0 spiro atoms. The predicted molar refractivity (Wildman–Crippen MR) is 139 cm³/mol. The summed E-state index contributed by atoms with van der Waals surface area (Å²) in [5, 5.41) is 3.00. The number of carbonyl (C=O) groups excluding carboxylic acids is 2. The fourth-order valence-electron chi connectivity index (χ4n) is 4.79. The van der Waals surface area contributed by atoms with Gasteiger partial charge in [0.2, 0.25) is 5.91 Å². The van der Waals surface area contributed by atoms with Gasteiger partial charge in [-0.25, -0.2) is 0 Å². The van der Waals surface area contributed by atoms with E-state index in [9.17, 15) is 9.59 Å². The number of rotatable bonds is 5. The Morgan fingerprint density at radius 1 is 1.22 bits per heavy atom. The van der Waals surface area contributed by atoms with Crippen LogP contribution in [0.4, 0.5) is 5.69 Å². The maximum absolute atomic E-state index is 13.4. The van der Waals surface area contributed by atoms with Crippen molar-refractivity contribution >= 4 is 17.5 Å². The van der Waals surface area contributed by atoms with Crippen LogP contribution >= 0.6 is 0 Å². The molecule has 8 heteroatoms. The standard InChI is InChI=1S/C28H38N4O4/c1-19-15-32(16-21-7-6-12-29-14-21)20(2)18-36-25-13-23(30-27(33)22-8-5-9-22)10-11-24(25)28(34)31(3)17-26(19)35-4/h6-7,10-14,19-20,22,26H,5,8-9,15-18H2,1-4H3,(H,30,33)/t19-,20+,26+/m1/s1. The third kappa shape index (κ3) is 6.23. The van der Waals surface area contributed by atoms with Crippen LogP contribution in [0.15, 0.2) is 42.7 Å². The molecule has 1 saturated carbocycles. The number of likely N-dealkylation sites (N-methyl/N-ethyl adjacent to an activating group) is 1. The van der Waals surface area contributed by atoms with Crippen LogP contribution in [-0.4, -0.2) is 72.6 Å². The topological polar surface area (TPSA) is 84.0 Å². The van der Waals surface area contributed by atoms with Gasteiger partial charge < -0.3 is 19.7 Å². The van der Waals surface area contributed by atoms with Gasteiger partial charge in [0.05, 0.1) is 11.7 Å². The van der Waals surface area contributed by atoms with Gasteiger partial charge in [0.1, 0.15) is 12.4 Å². The monoisotopic (exact) mass is 494 g/mol. The lowest BCUT2D eigenvalue weighted by Gasteiger charge is -2.36. The van der Waals surface area contributed by atoms with E-state index in [0.717, 1.165) is 37.9 Å². The van der Waals surface area contributed by atoms with Crippen LogP contribution in [0, 0.1) is 11.8 Å². The van der Waals surface area contributed by atoms with E-state index in [2.05, 4.69) is 35.1 Å². The van der Waals surface area contributed by atoms with Crippen LogP contribution in [-0.2, 0) is 16.1 Å². The number of nitrogens with zero attached hydrogens (tertiary/aromatic N) is 3. The molecule has 1 aliphatic carbocycles. The van der Waals surface area contributed by atoms with Crippen molar-refractivity contribution < 1.29 is 19.1 Å². The van der Waals surface area contributed by atoms with Crippen molar-refractivity contribution in [3.8, 4) is 5.75 Å². The molecular formula is C28H38N4O4. The molecule has 0 bridgehead atoms. The molecule has 1 fully saturated rings. The number of fused-ring (bicyclic) bond motifs is 1. The fraction of sp³-hybridized carbons (Fsp3) is 0.536. The molecule has 8 nitrogen and oxygen atoms in total. The minimum Gasteiger partial charge on any atom is -0.491 e. The maximum Gasteiger partial charge on any atom is 0.257 e. The summed E-state index contributed by atoms with van der Waals surface area (Å²) in [6.45, 7) is 6.67. The number of nitrogens with one attached hydrogen (secondary N) is 1. The third-order valence-electron chi connectivity index (χ3n) is 7.43. The number of amides is 2. The first kappa shape index (κ1) is 26.1. The molecule has 0 radical (unpaired) electrons. The van der Waals surface area contributed by atoms with Gasteiger partial charge in [-0.3, -0.25) is 19.5 Å². The lowest BCUT2D eigenvalue weighted by Crippen LogP contribution is -2.46. The Labute approximate surface area is 214 Å². The Bertz CT molecular complexity index is 1040. The van der Waals surface area contributed by atoms with E-state index >= 15 is 0 Å². The number of pyridine rings is 1. The highest BCUT2D eigenvalue weighted by molar-refractivity contribution is 5.99. The fourth-order valence-corrected chi connectivity index (χ4v) is 4.79. The molecule has 0 saturated heterocycles. The first-order valence-electron chi connectivity index (χ1n) is 12.8. The van der Waals surface area contributed by atoms with Crippen molar-refractivity contribution in [2.75, 3.05) is 39.2 Å². The summed E-state index contributed by atoms with van der Waals surface area (Å²) in [7, 11) is 3.49. The summed E-state index contributed by atoms with van der Waals surface area (Å²) < 4.78 is 12.1. The SMILES string of the molecule is CO[C@H]1CN(C)C(=O)c2ccc(NC(=O)C3CCC3)cc2OC[C@H](C)N(Cc2cccnc2)C[C@H]1C. The van der Waals surface area contributed by atoms with Crippen LogP contribution in [0.5, 0.6) is 5.75 Å². The molecule has 1 N–H and O–H groups in total. The van der Waals surface area contributed by atoms with Crippen molar-refractivity contribution in [3.63, 3.8) is 0 Å². The molecular weight excluding hydrogens is 456 g/mol. The van der Waals surface area contributed by atoms with Gasteiger partial charge >= 0.3 is 0 Å². The minimum atomic E-state index is -0.128. The summed E-state index contributed by atoms with van der Waals surface area (Å²) in [4.78, 5) is 34.2. The van der Waals surface area contributed by atoms with E-state index < -0.39 is 0 Å². The number of aromatic nitrogens is 1. The average molecular weight is 495 g/mol. The first-order chi connectivity index (χ1) is 17.4. The van der Waals surface area contributed by atoms with E-state index in [1.165, 1.54) is 0 Å². The number of anilines is 1. The summed E-state index contributed by atoms with van der Waals surface area (Å²) in [5.41, 5.74) is 2.26. The van der Waals surface area contributed by atoms with Crippen molar-refractivity contribution in [2.24, 2.45) is 11.8 Å². The van der Waals surface area contributed by atoms with Crippen molar-refractivity contribution in [1.29, 1.82) is 0 Å². The van der Waals surface area contributed by atoms with Gasteiger partial charge in [0, 0.05) is 69.9 Å². The molecule has 2 heterocycles. The highest BCUT2D eigenvalue weighted by atomic mass is 16.5. The molecule has 194 valence electrons. The third-order valence-corrected chi connectivity index (χ3v) is 7.43. The van der Waals surface area contributed by atoms with Crippen molar-refractivity contribution in [1.82, 2.24) is 14.8 Å². The van der Waals surface area contributed by atoms with E-state index in [1.807, 2.05) is 12.3 Å². The highest BCUT2D eigenvalue weighted by Gasteiger charge is 2.29. The van der Waals surface area contributed by atoms with Gasteiger partial charge in [-0.15, -0.1) is 0 Å². The lowest BCUT2D eigenvalue weighted by molar-refractivity contribution is -0.122. The number of hydrogen-bond acceptors (Lipinski definition) is 6. The number of hydrogen-bond donors (Lipinski definition) is 1. The zero-order valence-electron chi connectivity index (χ0n) is 21.8. The van der Waals surface area contributed by atoms with Crippen LogP contribution in [0.2, 0.25) is 0 Å². The summed E-state index contributed by atoms with van der Waals surface area (Å²) in [5.74, 6) is 0.650. The number of methoxy groups -OCH3 is 1. The second-order valence-corrected chi connectivity index (χ2v) is 10.2. The molecule has 0 unspecified atom stereocenters. The minimum absolute atomic E-state index is 0.0331. The Hall–Kier alpha value is -2.97. The number of ether oxygens (including phenoxy) is 2. The normalized spacial score (nSPS) is 24.1. The molecule has 3 atom stereocenters. The first-order valence-corrected chi connectivity index (χ1v) is 12.8. The molecule has 36 heavy (non-hydrogen) atoms. The second-order valence-electron chi connectivity index (χ2n) is 10.2. The van der Waals surface area contributed by atoms with E-state index in [-0.39, 0.29) is 35.8 Å². The summed E-state index contributed by atoms with van der Waals surface area (Å²) >= 11 is 0. The van der Waals surface area contributed by atoms with Crippen LogP contribution < -0.4 is 10.1 Å². The van der Waals surface area contributed by atoms with Gasteiger partial charge in [-0.2, -0.15) is 0 Å². The van der Waals surface area contributed by atoms with Crippen LogP contribution in [0.3, 0.4) is 0 Å². The molecule has 1 aliphatic heterocycles. The molecule has 1 aromatic carbocycles. The van der Waals surface area contributed by atoms with Gasteiger partial charge in [0.25, 0.3) is 5.91 Å². The summed E-state index contributed by atoms with van der Waals surface area (Å²) in [6.07, 6.45) is 6.51. The number of carbonyl (C=O) groups is 2. The van der Waals surface area contributed by atoms with Crippen molar-refractivity contribution in [3.05, 3.63) is 53.9 Å². The highest BCUT2D eigenvalue weighted by Crippen LogP contribution is 2.30. The second kappa shape index (κ2) is 11.8. The van der Waals surface area contributed by atoms with Crippen molar-refractivity contribution in [2.45, 2.75) is 51.8 Å². The van der Waals surface area contributed by atoms with E-state index in [0.29, 0.717) is 30.2 Å². The van der Waals surface area contributed by atoms with Gasteiger partial charge in [0.15, 0.2) is 0 Å². The van der Waals surface area contributed by atoms with E-state index in [1.54, 1.807) is 43.5 Å². The van der Waals surface area contributed by atoms with Gasteiger partial charge in [-0.1, -0.05) is 19.4 Å². The Balaban J connectivity index is 1.61. The molecule has 1 aromatic heterocycles. The largest absolute Gasteiger partial charge is 0.491 e. The smallest absolute Gasteiger partial charge is 0.257 e. The molecule has 2 aliphatic rings. The quantitative estimate of drug-likeness (QED) is 0.680. The van der Waals surface area contributed by atoms with Crippen LogP contribution in [0.1, 0.15) is 49.0 Å². The van der Waals surface area contributed by atoms with Crippen LogP contribution in [0.25, 0.3) is 0 Å². The molecule has 4 rings (SSSR count).